The Morgan fingerprint density at radius 1 is 0.412 bits per heavy atom. The molecule has 9 rings (SSSR count). The Morgan fingerprint density at radius 2 is 0.853 bits per heavy atom. The van der Waals surface area contributed by atoms with E-state index in [0.29, 0.717) is 13.2 Å². The van der Waals surface area contributed by atoms with Crippen LogP contribution in [0.5, 0.6) is 11.5 Å². The largest absolute Gasteiger partial charge is 0.490 e. The monoisotopic (exact) mass is 434 g/mol. The molecule has 1 heterocycles. The van der Waals surface area contributed by atoms with Crippen LogP contribution in [0.25, 0.3) is 54.2 Å². The lowest BCUT2D eigenvalue weighted by atomic mass is 9.90. The number of fused-ring (bicyclic) bond motifs is 4. The van der Waals surface area contributed by atoms with Crippen LogP contribution in [0.15, 0.2) is 84.9 Å². The minimum atomic E-state index is 0.513. The summed E-state index contributed by atoms with van der Waals surface area (Å²) in [6, 6.07) is 31.2. The molecule has 34 heavy (non-hydrogen) atoms. The summed E-state index contributed by atoms with van der Waals surface area (Å²) < 4.78 is 12.4. The molecule has 6 aromatic rings. The molecule has 6 aromatic carbocycles. The molecule has 0 unspecified atom stereocenters. The summed E-state index contributed by atoms with van der Waals surface area (Å²) in [5.41, 5.74) is 7.80. The molecular weight excluding hydrogens is 416 g/mol. The second-order valence-electron chi connectivity index (χ2n) is 9.52. The average molecular weight is 434 g/mol. The van der Waals surface area contributed by atoms with Gasteiger partial charge < -0.3 is 9.47 Å². The van der Waals surface area contributed by atoms with Crippen molar-refractivity contribution < 1.29 is 9.47 Å². The Kier molecular flexibility index (Phi) is 2.93. The van der Waals surface area contributed by atoms with E-state index >= 15 is 0 Å². The summed E-state index contributed by atoms with van der Waals surface area (Å²) >= 11 is 0. The van der Waals surface area contributed by atoms with Gasteiger partial charge in [-0.25, -0.2) is 0 Å². The molecule has 0 atom stereocenters. The van der Waals surface area contributed by atoms with Gasteiger partial charge in [-0.2, -0.15) is 0 Å². The quantitative estimate of drug-likeness (QED) is 0.228. The van der Waals surface area contributed by atoms with E-state index in [9.17, 15) is 0 Å². The maximum absolute atomic E-state index is 6.21. The van der Waals surface area contributed by atoms with Gasteiger partial charge in [-0.05, 0) is 101 Å². The third-order valence-electron chi connectivity index (χ3n) is 7.81. The van der Waals surface area contributed by atoms with Crippen molar-refractivity contribution in [2.24, 2.45) is 0 Å². The third kappa shape index (κ3) is 1.95. The summed E-state index contributed by atoms with van der Waals surface area (Å²) in [6.45, 7) is 1.03. The normalized spacial score (nSPS) is 17.3. The van der Waals surface area contributed by atoms with Gasteiger partial charge in [0, 0.05) is 0 Å². The first kappa shape index (κ1) is 17.2. The Labute approximate surface area is 195 Å². The number of hydrogen-bond donors (Lipinski definition) is 0. The smallest absolute Gasteiger partial charge is 0.122 e. The van der Waals surface area contributed by atoms with Crippen molar-refractivity contribution in [3.8, 4) is 11.5 Å². The Bertz CT molecular complexity index is 1820. The summed E-state index contributed by atoms with van der Waals surface area (Å²) in [6.07, 6.45) is 0. The van der Waals surface area contributed by atoms with Crippen LogP contribution in [0.4, 0.5) is 0 Å². The third-order valence-corrected chi connectivity index (χ3v) is 7.81. The summed E-state index contributed by atoms with van der Waals surface area (Å²) in [5, 5.41) is 10.4. The lowest BCUT2D eigenvalue weighted by Gasteiger charge is -2.16. The maximum atomic E-state index is 6.21. The van der Waals surface area contributed by atoms with E-state index in [4.69, 9.17) is 9.47 Å². The molecule has 3 aliphatic rings. The van der Waals surface area contributed by atoms with Crippen molar-refractivity contribution in [2.45, 2.75) is 0 Å². The summed E-state index contributed by atoms with van der Waals surface area (Å²) in [7, 11) is 0. The van der Waals surface area contributed by atoms with Crippen LogP contribution in [0.1, 0.15) is 22.3 Å². The second kappa shape index (κ2) is 5.78. The van der Waals surface area contributed by atoms with Crippen molar-refractivity contribution in [1.82, 2.24) is 0 Å². The van der Waals surface area contributed by atoms with Crippen LogP contribution >= 0.6 is 0 Å². The van der Waals surface area contributed by atoms with Crippen LogP contribution < -0.4 is 9.47 Å². The Morgan fingerprint density at radius 3 is 1.35 bits per heavy atom. The number of ether oxygens (including phenoxy) is 2. The lowest BCUT2D eigenvalue weighted by molar-refractivity contribution is 0.217. The van der Waals surface area contributed by atoms with E-state index in [-0.39, 0.29) is 0 Å². The molecule has 0 amide bonds. The highest BCUT2D eigenvalue weighted by Crippen LogP contribution is 2.55. The SMILES string of the molecule is c1cc2c3c(c1)ccc1cc4cc(c13)/C2=C1/c2cccc3ccc5cc(cc1c5c23)OCCO4. The van der Waals surface area contributed by atoms with E-state index in [0.717, 1.165) is 11.5 Å². The van der Waals surface area contributed by atoms with Gasteiger partial charge >= 0.3 is 0 Å². The number of benzene rings is 6. The van der Waals surface area contributed by atoms with Gasteiger partial charge in [-0.15, -0.1) is 0 Å². The zero-order valence-electron chi connectivity index (χ0n) is 18.3. The van der Waals surface area contributed by atoms with Crippen LogP contribution in [0, 0.1) is 0 Å². The van der Waals surface area contributed by atoms with Gasteiger partial charge in [-0.1, -0.05) is 60.7 Å². The zero-order chi connectivity index (χ0) is 22.0. The van der Waals surface area contributed by atoms with E-state index in [1.807, 2.05) is 0 Å². The van der Waals surface area contributed by atoms with E-state index in [2.05, 4.69) is 84.9 Å². The van der Waals surface area contributed by atoms with Crippen molar-refractivity contribution in [3.05, 3.63) is 107 Å². The lowest BCUT2D eigenvalue weighted by Crippen LogP contribution is -2.09. The molecular formula is C32H18O2. The summed E-state index contributed by atoms with van der Waals surface area (Å²) in [5.74, 6) is 1.80. The standard InChI is InChI=1S/C32H18O2/c1-3-17-7-9-19-13-21-15-25-29(19)27(17)23(5-1)31(25)32-24-6-2-4-18-8-10-20-14-22(34-12-11-33-21)16-26(32)30(20)28(18)24/h1-10,13-16H,11-12H2/b32-31-. The number of rotatable bonds is 0. The zero-order valence-corrected chi connectivity index (χ0v) is 18.3. The molecule has 2 nitrogen and oxygen atoms in total. The molecule has 0 saturated carbocycles. The predicted molar refractivity (Wildman–Crippen MR) is 139 cm³/mol. The molecule has 4 bridgehead atoms. The van der Waals surface area contributed by atoms with Crippen LogP contribution in [-0.4, -0.2) is 13.2 Å². The molecule has 158 valence electrons. The van der Waals surface area contributed by atoms with E-state index in [1.54, 1.807) is 0 Å². The Balaban J connectivity index is 1.57. The van der Waals surface area contributed by atoms with Crippen molar-refractivity contribution in [2.75, 3.05) is 13.2 Å². The fourth-order valence-corrected chi connectivity index (χ4v) is 6.56. The summed E-state index contributed by atoms with van der Waals surface area (Å²) in [4.78, 5) is 0. The topological polar surface area (TPSA) is 18.5 Å². The average Bonchev–Trinajstić information content (AvgIpc) is 3.37. The second-order valence-corrected chi connectivity index (χ2v) is 9.52. The van der Waals surface area contributed by atoms with Gasteiger partial charge in [0.2, 0.25) is 0 Å². The van der Waals surface area contributed by atoms with Crippen LogP contribution in [0.2, 0.25) is 0 Å². The highest BCUT2D eigenvalue weighted by molar-refractivity contribution is 6.33. The fraction of sp³-hybridized carbons (Fsp3) is 0.0625. The van der Waals surface area contributed by atoms with E-state index in [1.165, 1.54) is 76.5 Å². The number of hydrogen-bond acceptors (Lipinski definition) is 2. The first-order valence-corrected chi connectivity index (χ1v) is 11.9. The molecule has 1 aliphatic heterocycles. The molecule has 0 aromatic heterocycles. The predicted octanol–water partition coefficient (Wildman–Crippen LogP) is 7.70. The Hall–Kier alpha value is -4.30. The fourth-order valence-electron chi connectivity index (χ4n) is 6.56. The maximum Gasteiger partial charge on any atom is 0.122 e. The molecule has 0 spiro atoms. The van der Waals surface area contributed by atoms with Crippen LogP contribution in [-0.2, 0) is 0 Å². The van der Waals surface area contributed by atoms with E-state index < -0.39 is 0 Å². The molecule has 0 saturated heterocycles. The highest BCUT2D eigenvalue weighted by Gasteiger charge is 2.32. The van der Waals surface area contributed by atoms with Gasteiger partial charge in [0.05, 0.1) is 0 Å². The molecule has 0 N–H and O–H groups in total. The van der Waals surface area contributed by atoms with Crippen molar-refractivity contribution in [3.63, 3.8) is 0 Å². The van der Waals surface area contributed by atoms with Crippen LogP contribution in [0.3, 0.4) is 0 Å². The van der Waals surface area contributed by atoms with Crippen molar-refractivity contribution in [1.29, 1.82) is 0 Å². The molecule has 0 fully saturated rings. The first-order valence-electron chi connectivity index (χ1n) is 11.9. The molecule has 2 heteroatoms. The van der Waals surface area contributed by atoms with Gasteiger partial charge in [-0.3, -0.25) is 0 Å². The minimum Gasteiger partial charge on any atom is -0.490 e. The minimum absolute atomic E-state index is 0.513. The molecule has 0 radical (unpaired) electrons. The van der Waals surface area contributed by atoms with Gasteiger partial charge in [0.25, 0.3) is 0 Å². The van der Waals surface area contributed by atoms with Gasteiger partial charge in [0.1, 0.15) is 24.7 Å². The highest BCUT2D eigenvalue weighted by atomic mass is 16.5. The van der Waals surface area contributed by atoms with Gasteiger partial charge in [0.15, 0.2) is 0 Å². The van der Waals surface area contributed by atoms with Crippen molar-refractivity contribution >= 4 is 54.2 Å². The molecule has 2 aliphatic carbocycles. The first-order chi connectivity index (χ1) is 16.8.